The van der Waals surface area contributed by atoms with Crippen LogP contribution in [-0.4, -0.2) is 22.3 Å². The second-order valence-corrected chi connectivity index (χ2v) is 8.58. The van der Waals surface area contributed by atoms with Gasteiger partial charge < -0.3 is 10.1 Å². The van der Waals surface area contributed by atoms with E-state index in [4.69, 9.17) is 9.84 Å². The maximum absolute atomic E-state index is 13.1. The van der Waals surface area contributed by atoms with Crippen LogP contribution in [0.15, 0.2) is 72.9 Å². The average Bonchev–Trinajstić information content (AvgIpc) is 3.25. The molecule has 4 aromatic rings. The molecule has 0 unspecified atom stereocenters. The Kier molecular flexibility index (Phi) is 7.12. The summed E-state index contributed by atoms with van der Waals surface area (Å²) in [4.78, 5) is 13.1. The van der Waals surface area contributed by atoms with Crippen LogP contribution in [0.4, 0.5) is 0 Å². The summed E-state index contributed by atoms with van der Waals surface area (Å²) < 4.78 is 7.66. The van der Waals surface area contributed by atoms with Crippen molar-refractivity contribution >= 4 is 5.91 Å². The van der Waals surface area contributed by atoms with Gasteiger partial charge in [-0.1, -0.05) is 55.0 Å². The lowest BCUT2D eigenvalue weighted by atomic mass is 9.95. The molecule has 0 fully saturated rings. The number of ether oxygens (including phenoxy) is 1. The number of amides is 1. The second kappa shape index (κ2) is 10.4. The Bertz CT molecular complexity index is 1270. The fraction of sp³-hybridized carbons (Fsp3) is 0.241. The predicted octanol–water partition coefficient (Wildman–Crippen LogP) is 6.18. The number of carbonyl (C=O) groups excluding carboxylic acids is 1. The van der Waals surface area contributed by atoms with Crippen molar-refractivity contribution in [1.82, 2.24) is 15.1 Å². The van der Waals surface area contributed by atoms with E-state index in [1.165, 1.54) is 16.7 Å². The largest absolute Gasteiger partial charge is 0.493 e. The highest BCUT2D eigenvalue weighted by molar-refractivity contribution is 5.97. The summed E-state index contributed by atoms with van der Waals surface area (Å²) in [6.45, 7) is 9.30. The number of aromatic nitrogens is 2. The summed E-state index contributed by atoms with van der Waals surface area (Å²) in [5.41, 5.74) is 8.02. The number of nitrogens with one attached hydrogen (secondary N) is 1. The Morgan fingerprint density at radius 3 is 2.35 bits per heavy atom. The van der Waals surface area contributed by atoms with Crippen molar-refractivity contribution in [3.05, 3.63) is 101 Å². The molecule has 0 atom stereocenters. The minimum Gasteiger partial charge on any atom is -0.493 e. The summed E-state index contributed by atoms with van der Waals surface area (Å²) >= 11 is 0. The first-order valence-electron chi connectivity index (χ1n) is 11.7. The maximum Gasteiger partial charge on any atom is 0.255 e. The average molecular weight is 454 g/mol. The molecule has 0 bridgehead atoms. The van der Waals surface area contributed by atoms with Crippen LogP contribution in [0.3, 0.4) is 0 Å². The monoisotopic (exact) mass is 453 g/mol. The normalized spacial score (nSPS) is 10.8. The zero-order chi connectivity index (χ0) is 24.1. The van der Waals surface area contributed by atoms with Crippen LogP contribution in [0.1, 0.15) is 46.0 Å². The third-order valence-electron chi connectivity index (χ3n) is 5.76. The summed E-state index contributed by atoms with van der Waals surface area (Å²) in [5, 5.41) is 8.04. The fourth-order valence-electron chi connectivity index (χ4n) is 4.28. The number of benzene rings is 3. The third-order valence-corrected chi connectivity index (χ3v) is 5.76. The highest BCUT2D eigenvalue weighted by Gasteiger charge is 2.18. The van der Waals surface area contributed by atoms with Gasteiger partial charge in [-0.25, -0.2) is 4.68 Å². The summed E-state index contributed by atoms with van der Waals surface area (Å²) in [5.74, 6) is 0.440. The number of rotatable bonds is 8. The molecule has 34 heavy (non-hydrogen) atoms. The number of para-hydroxylation sites is 2. The zero-order valence-corrected chi connectivity index (χ0v) is 20.3. The van der Waals surface area contributed by atoms with Gasteiger partial charge in [0.1, 0.15) is 5.75 Å². The van der Waals surface area contributed by atoms with E-state index in [1.807, 2.05) is 66.3 Å². The van der Waals surface area contributed by atoms with E-state index in [2.05, 4.69) is 38.2 Å². The lowest BCUT2D eigenvalue weighted by Gasteiger charge is -2.13. The molecule has 1 amide bonds. The predicted molar refractivity (Wildman–Crippen MR) is 137 cm³/mol. The third kappa shape index (κ3) is 5.04. The molecule has 1 aromatic heterocycles. The van der Waals surface area contributed by atoms with Gasteiger partial charge in [0.25, 0.3) is 5.91 Å². The lowest BCUT2D eigenvalue weighted by molar-refractivity contribution is 0.0947. The first-order chi connectivity index (χ1) is 16.5. The van der Waals surface area contributed by atoms with Gasteiger partial charge in [-0.2, -0.15) is 5.10 Å². The maximum atomic E-state index is 13.1. The van der Waals surface area contributed by atoms with E-state index in [0.29, 0.717) is 24.5 Å². The summed E-state index contributed by atoms with van der Waals surface area (Å²) in [6, 6.07) is 21.7. The van der Waals surface area contributed by atoms with Crippen molar-refractivity contribution in [3.8, 4) is 22.7 Å². The van der Waals surface area contributed by atoms with E-state index in [0.717, 1.165) is 28.9 Å². The molecule has 0 aliphatic rings. The molecule has 0 aliphatic heterocycles. The van der Waals surface area contributed by atoms with Crippen molar-refractivity contribution in [3.63, 3.8) is 0 Å². The van der Waals surface area contributed by atoms with Crippen LogP contribution in [0, 0.1) is 20.8 Å². The molecule has 4 rings (SSSR count). The molecule has 174 valence electrons. The molecule has 1 heterocycles. The van der Waals surface area contributed by atoms with Gasteiger partial charge in [0.2, 0.25) is 0 Å². The molecular formula is C29H31N3O2. The summed E-state index contributed by atoms with van der Waals surface area (Å²) in [7, 11) is 0. The second-order valence-electron chi connectivity index (χ2n) is 8.58. The Morgan fingerprint density at radius 1 is 0.971 bits per heavy atom. The standard InChI is InChI=1S/C29H31N3O2/c1-5-15-34-26-14-10-9-13-25(26)29(33)30-18-23-19-32(24-11-7-6-8-12-24)31-28(23)27-21(3)16-20(2)17-22(27)4/h6-14,16-17,19H,5,15,18H2,1-4H3,(H,30,33). The molecule has 0 saturated heterocycles. The molecule has 0 radical (unpaired) electrons. The number of hydrogen-bond donors (Lipinski definition) is 1. The fourth-order valence-corrected chi connectivity index (χ4v) is 4.28. The van der Waals surface area contributed by atoms with Gasteiger partial charge in [0.05, 0.1) is 23.6 Å². The van der Waals surface area contributed by atoms with E-state index in [9.17, 15) is 4.79 Å². The van der Waals surface area contributed by atoms with Crippen molar-refractivity contribution in [2.45, 2.75) is 40.7 Å². The van der Waals surface area contributed by atoms with Crippen molar-refractivity contribution in [2.24, 2.45) is 0 Å². The minimum absolute atomic E-state index is 0.164. The van der Waals surface area contributed by atoms with Crippen LogP contribution in [-0.2, 0) is 6.54 Å². The van der Waals surface area contributed by atoms with Crippen LogP contribution in [0.25, 0.3) is 16.9 Å². The van der Waals surface area contributed by atoms with Crippen molar-refractivity contribution < 1.29 is 9.53 Å². The molecule has 3 aromatic carbocycles. The van der Waals surface area contributed by atoms with Crippen LogP contribution in [0.5, 0.6) is 5.75 Å². The Balaban J connectivity index is 1.68. The first kappa shape index (κ1) is 23.3. The van der Waals surface area contributed by atoms with Gasteiger partial charge in [0, 0.05) is 23.9 Å². The van der Waals surface area contributed by atoms with Gasteiger partial charge in [-0.05, 0) is 62.6 Å². The van der Waals surface area contributed by atoms with Crippen molar-refractivity contribution in [1.29, 1.82) is 0 Å². The molecule has 1 N–H and O–H groups in total. The van der Waals surface area contributed by atoms with Crippen LogP contribution in [0.2, 0.25) is 0 Å². The zero-order valence-electron chi connectivity index (χ0n) is 20.3. The van der Waals surface area contributed by atoms with E-state index < -0.39 is 0 Å². The topological polar surface area (TPSA) is 56.1 Å². The molecule has 0 aliphatic carbocycles. The quantitative estimate of drug-likeness (QED) is 0.346. The van der Waals surface area contributed by atoms with E-state index in [-0.39, 0.29) is 5.91 Å². The molecule has 5 nitrogen and oxygen atoms in total. The number of aryl methyl sites for hydroxylation is 3. The van der Waals surface area contributed by atoms with Crippen LogP contribution >= 0.6 is 0 Å². The molecule has 0 saturated carbocycles. The van der Waals surface area contributed by atoms with Gasteiger partial charge in [-0.3, -0.25) is 4.79 Å². The van der Waals surface area contributed by atoms with E-state index >= 15 is 0 Å². The first-order valence-corrected chi connectivity index (χ1v) is 11.7. The number of nitrogens with zero attached hydrogens (tertiary/aromatic N) is 2. The van der Waals surface area contributed by atoms with E-state index in [1.54, 1.807) is 6.07 Å². The molecule has 5 heteroatoms. The summed E-state index contributed by atoms with van der Waals surface area (Å²) in [6.07, 6.45) is 2.89. The molecular weight excluding hydrogens is 422 g/mol. The SMILES string of the molecule is CCCOc1ccccc1C(=O)NCc1cn(-c2ccccc2)nc1-c1c(C)cc(C)cc1C. The van der Waals surface area contributed by atoms with Gasteiger partial charge in [0.15, 0.2) is 0 Å². The number of hydrogen-bond acceptors (Lipinski definition) is 3. The minimum atomic E-state index is -0.164. The van der Waals surface area contributed by atoms with Gasteiger partial charge >= 0.3 is 0 Å². The smallest absolute Gasteiger partial charge is 0.255 e. The van der Waals surface area contributed by atoms with Gasteiger partial charge in [-0.15, -0.1) is 0 Å². The highest BCUT2D eigenvalue weighted by Crippen LogP contribution is 2.31. The molecule has 0 spiro atoms. The Morgan fingerprint density at radius 2 is 1.65 bits per heavy atom. The highest BCUT2D eigenvalue weighted by atomic mass is 16.5. The Labute approximate surface area is 201 Å². The van der Waals surface area contributed by atoms with Crippen LogP contribution < -0.4 is 10.1 Å². The number of carbonyl (C=O) groups is 1. The lowest BCUT2D eigenvalue weighted by Crippen LogP contribution is -2.23. The Hall–Kier alpha value is -3.86. The van der Waals surface area contributed by atoms with Crippen molar-refractivity contribution in [2.75, 3.05) is 6.61 Å².